The van der Waals surface area contributed by atoms with Crippen molar-refractivity contribution in [1.82, 2.24) is 4.98 Å². The highest BCUT2D eigenvalue weighted by molar-refractivity contribution is 9.10. The van der Waals surface area contributed by atoms with Crippen LogP contribution in [0.2, 0.25) is 0 Å². The molecule has 0 saturated carbocycles. The summed E-state index contributed by atoms with van der Waals surface area (Å²) < 4.78 is 0.998. The zero-order valence-corrected chi connectivity index (χ0v) is 13.0. The van der Waals surface area contributed by atoms with Crippen molar-refractivity contribution in [2.45, 2.75) is 27.0 Å². The van der Waals surface area contributed by atoms with Crippen LogP contribution in [-0.2, 0) is 13.2 Å². The Labute approximate surface area is 126 Å². The van der Waals surface area contributed by atoms with Crippen LogP contribution >= 0.6 is 15.9 Å². The van der Waals surface area contributed by atoms with Crippen LogP contribution in [0.3, 0.4) is 0 Å². The average Bonchev–Trinajstić information content (AvgIpc) is 2.39. The second-order valence-electron chi connectivity index (χ2n) is 4.72. The van der Waals surface area contributed by atoms with Gasteiger partial charge in [-0.15, -0.1) is 0 Å². The molecule has 2 rings (SSSR count). The van der Waals surface area contributed by atoms with Crippen molar-refractivity contribution in [2.24, 2.45) is 0 Å². The van der Waals surface area contributed by atoms with E-state index in [-0.39, 0.29) is 12.4 Å². The smallest absolute Gasteiger partial charge is 0.142 e. The molecule has 0 bridgehead atoms. The second-order valence-corrected chi connectivity index (χ2v) is 5.64. The molecule has 5 heteroatoms. The van der Waals surface area contributed by atoms with E-state index in [0.29, 0.717) is 23.4 Å². The number of aromatic nitrogens is 1. The number of nitrogens with zero attached hydrogens (tertiary/aromatic N) is 1. The van der Waals surface area contributed by atoms with E-state index in [1.807, 2.05) is 25.1 Å². The number of aliphatic hydroxyl groups is 1. The zero-order valence-electron chi connectivity index (χ0n) is 11.4. The standard InChI is InChI=1S/C15H17BrN2O2/c1-9-3-12(16)5-13(4-9)18-7-14-11(8-19)6-17-10(2)15(14)20/h3-6,18-20H,7-8H2,1-2H3. The van der Waals surface area contributed by atoms with Crippen molar-refractivity contribution in [3.05, 3.63) is 51.3 Å². The summed E-state index contributed by atoms with van der Waals surface area (Å²) in [4.78, 5) is 4.05. The van der Waals surface area contributed by atoms with Crippen LogP contribution in [0, 0.1) is 13.8 Å². The van der Waals surface area contributed by atoms with Crippen LogP contribution in [-0.4, -0.2) is 15.2 Å². The van der Waals surface area contributed by atoms with Crippen molar-refractivity contribution < 1.29 is 10.2 Å². The Balaban J connectivity index is 2.24. The molecule has 0 radical (unpaired) electrons. The molecule has 0 amide bonds. The molecule has 20 heavy (non-hydrogen) atoms. The number of benzene rings is 1. The Morgan fingerprint density at radius 1 is 1.25 bits per heavy atom. The molecule has 1 aromatic heterocycles. The molecule has 106 valence electrons. The Hall–Kier alpha value is -1.59. The third-order valence-corrected chi connectivity index (χ3v) is 3.57. The molecule has 0 unspecified atom stereocenters. The number of rotatable bonds is 4. The summed E-state index contributed by atoms with van der Waals surface area (Å²) in [5.41, 5.74) is 3.96. The first-order valence-corrected chi connectivity index (χ1v) is 7.09. The lowest BCUT2D eigenvalue weighted by Crippen LogP contribution is -2.05. The summed E-state index contributed by atoms with van der Waals surface area (Å²) in [7, 11) is 0. The highest BCUT2D eigenvalue weighted by Crippen LogP contribution is 2.26. The lowest BCUT2D eigenvalue weighted by Gasteiger charge is -2.13. The van der Waals surface area contributed by atoms with Crippen LogP contribution in [0.5, 0.6) is 5.75 Å². The summed E-state index contributed by atoms with van der Waals surface area (Å²) in [6.45, 7) is 4.04. The first-order valence-electron chi connectivity index (χ1n) is 6.29. The fraction of sp³-hybridized carbons (Fsp3) is 0.267. The largest absolute Gasteiger partial charge is 0.506 e. The lowest BCUT2D eigenvalue weighted by atomic mass is 10.1. The van der Waals surface area contributed by atoms with E-state index in [1.54, 1.807) is 13.1 Å². The van der Waals surface area contributed by atoms with Crippen molar-refractivity contribution in [3.63, 3.8) is 0 Å². The number of hydrogen-bond acceptors (Lipinski definition) is 4. The summed E-state index contributed by atoms with van der Waals surface area (Å²) in [5, 5.41) is 22.7. The molecule has 1 aromatic carbocycles. The van der Waals surface area contributed by atoms with Gasteiger partial charge in [0.15, 0.2) is 0 Å². The van der Waals surface area contributed by atoms with Gasteiger partial charge in [-0.1, -0.05) is 15.9 Å². The van der Waals surface area contributed by atoms with Crippen molar-refractivity contribution in [1.29, 1.82) is 0 Å². The lowest BCUT2D eigenvalue weighted by molar-refractivity contribution is 0.279. The number of anilines is 1. The molecular weight excluding hydrogens is 320 g/mol. The Kier molecular flexibility index (Phi) is 4.62. The molecule has 3 N–H and O–H groups in total. The van der Waals surface area contributed by atoms with Gasteiger partial charge >= 0.3 is 0 Å². The summed E-state index contributed by atoms with van der Waals surface area (Å²) in [5.74, 6) is 0.135. The van der Waals surface area contributed by atoms with Crippen LogP contribution in [0.25, 0.3) is 0 Å². The van der Waals surface area contributed by atoms with Gasteiger partial charge in [-0.3, -0.25) is 4.98 Å². The highest BCUT2D eigenvalue weighted by Gasteiger charge is 2.11. The third-order valence-electron chi connectivity index (χ3n) is 3.11. The predicted molar refractivity (Wildman–Crippen MR) is 82.8 cm³/mol. The fourth-order valence-corrected chi connectivity index (χ4v) is 2.65. The van der Waals surface area contributed by atoms with E-state index in [2.05, 4.69) is 26.2 Å². The molecule has 4 nitrogen and oxygen atoms in total. The fourth-order valence-electron chi connectivity index (χ4n) is 2.05. The van der Waals surface area contributed by atoms with E-state index >= 15 is 0 Å². The van der Waals surface area contributed by atoms with Crippen molar-refractivity contribution in [2.75, 3.05) is 5.32 Å². The normalized spacial score (nSPS) is 10.6. The number of aromatic hydroxyl groups is 1. The van der Waals surface area contributed by atoms with Crippen molar-refractivity contribution >= 4 is 21.6 Å². The van der Waals surface area contributed by atoms with E-state index in [0.717, 1.165) is 15.7 Å². The van der Waals surface area contributed by atoms with Gasteiger partial charge in [-0.05, 0) is 37.6 Å². The van der Waals surface area contributed by atoms with Gasteiger partial charge in [-0.2, -0.15) is 0 Å². The number of pyridine rings is 1. The van der Waals surface area contributed by atoms with Gasteiger partial charge in [0.2, 0.25) is 0 Å². The Bertz CT molecular complexity index is 609. The maximum atomic E-state index is 10.1. The zero-order chi connectivity index (χ0) is 14.7. The predicted octanol–water partition coefficient (Wildman–Crippen LogP) is 3.27. The molecule has 0 aliphatic heterocycles. The van der Waals surface area contributed by atoms with Crippen molar-refractivity contribution in [3.8, 4) is 5.75 Å². The monoisotopic (exact) mass is 336 g/mol. The summed E-state index contributed by atoms with van der Waals surface area (Å²) >= 11 is 3.45. The molecule has 0 atom stereocenters. The van der Waals surface area contributed by atoms with Crippen LogP contribution in [0.1, 0.15) is 22.4 Å². The molecule has 0 aliphatic rings. The Morgan fingerprint density at radius 3 is 2.65 bits per heavy atom. The molecule has 0 spiro atoms. The topological polar surface area (TPSA) is 65.4 Å². The van der Waals surface area contributed by atoms with Gasteiger partial charge in [-0.25, -0.2) is 0 Å². The molecule has 2 aromatic rings. The van der Waals surface area contributed by atoms with Crippen LogP contribution in [0.4, 0.5) is 5.69 Å². The molecule has 0 fully saturated rings. The SMILES string of the molecule is Cc1cc(Br)cc(NCc2c(CO)cnc(C)c2O)c1. The average molecular weight is 337 g/mol. The van der Waals surface area contributed by atoms with Gasteiger partial charge < -0.3 is 15.5 Å². The number of aryl methyl sites for hydroxylation is 2. The molecular formula is C15H17BrN2O2. The summed E-state index contributed by atoms with van der Waals surface area (Å²) in [6.07, 6.45) is 1.60. The Morgan fingerprint density at radius 2 is 2.00 bits per heavy atom. The number of nitrogens with one attached hydrogen (secondary N) is 1. The highest BCUT2D eigenvalue weighted by atomic mass is 79.9. The first kappa shape index (κ1) is 14.8. The maximum Gasteiger partial charge on any atom is 0.142 e. The quantitative estimate of drug-likeness (QED) is 0.801. The minimum absolute atomic E-state index is 0.135. The number of hydrogen-bond donors (Lipinski definition) is 3. The van der Waals surface area contributed by atoms with Gasteiger partial charge in [0, 0.05) is 34.0 Å². The first-order chi connectivity index (χ1) is 9.51. The third kappa shape index (κ3) is 3.29. The van der Waals surface area contributed by atoms with E-state index in [9.17, 15) is 10.2 Å². The molecule has 0 saturated heterocycles. The summed E-state index contributed by atoms with van der Waals surface area (Å²) in [6, 6.07) is 6.02. The number of aliphatic hydroxyl groups excluding tert-OH is 1. The van der Waals surface area contributed by atoms with Crippen LogP contribution in [0.15, 0.2) is 28.9 Å². The minimum atomic E-state index is -0.143. The van der Waals surface area contributed by atoms with E-state index in [4.69, 9.17) is 0 Å². The number of halogens is 1. The minimum Gasteiger partial charge on any atom is -0.506 e. The second kappa shape index (κ2) is 6.24. The van der Waals surface area contributed by atoms with Gasteiger partial charge in [0.1, 0.15) is 5.75 Å². The van der Waals surface area contributed by atoms with Crippen LogP contribution < -0.4 is 5.32 Å². The van der Waals surface area contributed by atoms with E-state index < -0.39 is 0 Å². The van der Waals surface area contributed by atoms with Gasteiger partial charge in [0.25, 0.3) is 0 Å². The molecule has 0 aliphatic carbocycles. The van der Waals surface area contributed by atoms with Gasteiger partial charge in [0.05, 0.1) is 12.3 Å². The molecule has 1 heterocycles. The maximum absolute atomic E-state index is 10.1. The van der Waals surface area contributed by atoms with E-state index in [1.165, 1.54) is 0 Å².